The molecule has 0 aliphatic heterocycles. The Morgan fingerprint density at radius 3 is 2.42 bits per heavy atom. The molecular weight excluding hydrogens is 326 g/mol. The third kappa shape index (κ3) is 3.75. The molecule has 0 amide bonds. The van der Waals surface area contributed by atoms with Crippen LogP contribution in [0.25, 0.3) is 5.69 Å². The largest absolute Gasteiger partial charge is 0.492 e. The van der Waals surface area contributed by atoms with Crippen molar-refractivity contribution in [2.45, 2.75) is 0 Å². The van der Waals surface area contributed by atoms with E-state index in [2.05, 4.69) is 10.4 Å². The van der Waals surface area contributed by atoms with Crippen LogP contribution in [0.15, 0.2) is 71.7 Å². The maximum Gasteiger partial charge on any atom is 0.292 e. The van der Waals surface area contributed by atoms with Gasteiger partial charge in [0.25, 0.3) is 5.56 Å². The number of benzene rings is 2. The van der Waals surface area contributed by atoms with E-state index in [4.69, 9.17) is 16.3 Å². The van der Waals surface area contributed by atoms with Crippen LogP contribution < -0.4 is 15.6 Å². The summed E-state index contributed by atoms with van der Waals surface area (Å²) < 4.78 is 6.85. The lowest BCUT2D eigenvalue weighted by atomic mass is 10.3. The summed E-state index contributed by atoms with van der Waals surface area (Å²) in [5.74, 6) is 0.794. The number of anilines is 1. The van der Waals surface area contributed by atoms with Gasteiger partial charge in [0.2, 0.25) is 0 Å². The summed E-state index contributed by atoms with van der Waals surface area (Å²) in [5.41, 5.74) is 0.797. The molecule has 24 heavy (non-hydrogen) atoms. The second-order valence-corrected chi connectivity index (χ2v) is 5.39. The summed E-state index contributed by atoms with van der Waals surface area (Å²) in [4.78, 5) is 12.3. The molecule has 0 atom stereocenters. The average Bonchev–Trinajstić information content (AvgIpc) is 2.64. The van der Waals surface area contributed by atoms with Gasteiger partial charge in [0.1, 0.15) is 17.4 Å². The van der Waals surface area contributed by atoms with Crippen LogP contribution in [-0.2, 0) is 0 Å². The Morgan fingerprint density at radius 2 is 1.71 bits per heavy atom. The lowest BCUT2D eigenvalue weighted by Gasteiger charge is -2.11. The molecule has 1 heterocycles. The van der Waals surface area contributed by atoms with Crippen molar-refractivity contribution in [3.63, 3.8) is 0 Å². The van der Waals surface area contributed by atoms with Crippen LogP contribution >= 0.6 is 11.6 Å². The van der Waals surface area contributed by atoms with Crippen molar-refractivity contribution in [3.05, 3.63) is 82.2 Å². The standard InChI is InChI=1S/C18H16ClN3O2/c19-17-16(20-11-12-24-15-9-5-2-6-10-15)13-21-22(18(17)23)14-7-3-1-4-8-14/h1-10,13,20H,11-12H2. The Labute approximate surface area is 144 Å². The van der Waals surface area contributed by atoms with Gasteiger partial charge < -0.3 is 10.1 Å². The molecule has 0 spiro atoms. The average molecular weight is 342 g/mol. The third-order valence-electron chi connectivity index (χ3n) is 3.35. The first kappa shape index (κ1) is 16.1. The van der Waals surface area contributed by atoms with Gasteiger partial charge in [0, 0.05) is 6.54 Å². The Bertz CT molecular complexity index is 851. The molecule has 1 aromatic heterocycles. The second-order valence-electron chi connectivity index (χ2n) is 5.01. The van der Waals surface area contributed by atoms with Gasteiger partial charge in [-0.15, -0.1) is 0 Å². The van der Waals surface area contributed by atoms with Crippen molar-refractivity contribution >= 4 is 17.3 Å². The van der Waals surface area contributed by atoms with Gasteiger partial charge >= 0.3 is 0 Å². The first-order chi connectivity index (χ1) is 11.8. The van der Waals surface area contributed by atoms with Gasteiger partial charge in [-0.05, 0) is 24.3 Å². The molecule has 3 aromatic rings. The van der Waals surface area contributed by atoms with Gasteiger partial charge in [-0.1, -0.05) is 48.0 Å². The highest BCUT2D eigenvalue weighted by Crippen LogP contribution is 2.16. The van der Waals surface area contributed by atoms with Crippen LogP contribution in [0.1, 0.15) is 0 Å². The highest BCUT2D eigenvalue weighted by molar-refractivity contribution is 6.32. The van der Waals surface area contributed by atoms with Crippen LogP contribution in [0.5, 0.6) is 5.75 Å². The molecule has 6 heteroatoms. The van der Waals surface area contributed by atoms with Crippen LogP contribution in [0.4, 0.5) is 5.69 Å². The van der Waals surface area contributed by atoms with Crippen LogP contribution in [0.3, 0.4) is 0 Å². The predicted molar refractivity (Wildman–Crippen MR) is 95.3 cm³/mol. The van der Waals surface area contributed by atoms with Gasteiger partial charge in [-0.3, -0.25) is 4.79 Å². The third-order valence-corrected chi connectivity index (χ3v) is 3.71. The van der Waals surface area contributed by atoms with E-state index in [0.29, 0.717) is 24.5 Å². The van der Waals surface area contributed by atoms with Gasteiger partial charge in [-0.2, -0.15) is 9.78 Å². The molecule has 0 saturated heterocycles. The highest BCUT2D eigenvalue weighted by Gasteiger charge is 2.10. The summed E-state index contributed by atoms with van der Waals surface area (Å²) in [5, 5.41) is 7.34. The van der Waals surface area contributed by atoms with Crippen LogP contribution in [0.2, 0.25) is 5.02 Å². The Kier molecular flexibility index (Phi) is 5.13. The SMILES string of the molecule is O=c1c(Cl)c(NCCOc2ccccc2)cnn1-c1ccccc1. The summed E-state index contributed by atoms with van der Waals surface area (Å²) in [7, 11) is 0. The molecule has 0 aliphatic rings. The summed E-state index contributed by atoms with van der Waals surface area (Å²) in [6, 6.07) is 18.7. The van der Waals surface area contributed by atoms with Gasteiger partial charge in [0.05, 0.1) is 17.6 Å². The number of rotatable bonds is 6. The molecule has 5 nitrogen and oxygen atoms in total. The van der Waals surface area contributed by atoms with Gasteiger partial charge in [0.15, 0.2) is 0 Å². The van der Waals surface area contributed by atoms with Crippen molar-refractivity contribution in [1.82, 2.24) is 9.78 Å². The zero-order valence-corrected chi connectivity index (χ0v) is 13.6. The normalized spacial score (nSPS) is 10.4. The van der Waals surface area contributed by atoms with E-state index in [0.717, 1.165) is 5.75 Å². The molecule has 122 valence electrons. The number of ether oxygens (including phenoxy) is 1. The van der Waals surface area contributed by atoms with Crippen molar-refractivity contribution in [2.24, 2.45) is 0 Å². The smallest absolute Gasteiger partial charge is 0.292 e. The van der Waals surface area contributed by atoms with E-state index in [-0.39, 0.29) is 10.6 Å². The van der Waals surface area contributed by atoms with E-state index in [1.165, 1.54) is 4.68 Å². The molecule has 2 aromatic carbocycles. The van der Waals surface area contributed by atoms with E-state index in [9.17, 15) is 4.79 Å². The lowest BCUT2D eigenvalue weighted by Crippen LogP contribution is -2.23. The number of hydrogen-bond donors (Lipinski definition) is 1. The number of hydrogen-bond acceptors (Lipinski definition) is 4. The minimum absolute atomic E-state index is 0.105. The Balaban J connectivity index is 1.65. The first-order valence-electron chi connectivity index (χ1n) is 7.50. The van der Waals surface area contributed by atoms with Crippen molar-refractivity contribution < 1.29 is 4.74 Å². The van der Waals surface area contributed by atoms with E-state index >= 15 is 0 Å². The van der Waals surface area contributed by atoms with Crippen molar-refractivity contribution in [2.75, 3.05) is 18.5 Å². The Morgan fingerprint density at radius 1 is 1.04 bits per heavy atom. The number of nitrogens with one attached hydrogen (secondary N) is 1. The summed E-state index contributed by atoms with van der Waals surface area (Å²) in [6.45, 7) is 0.952. The molecule has 0 unspecified atom stereocenters. The molecule has 3 rings (SSSR count). The quantitative estimate of drug-likeness (QED) is 0.698. The maximum atomic E-state index is 12.3. The fraction of sp³-hybridized carbons (Fsp3) is 0.111. The highest BCUT2D eigenvalue weighted by atomic mass is 35.5. The monoisotopic (exact) mass is 341 g/mol. The molecule has 0 aliphatic carbocycles. The van der Waals surface area contributed by atoms with Crippen molar-refractivity contribution in [1.29, 1.82) is 0 Å². The number of para-hydroxylation sites is 2. The second kappa shape index (κ2) is 7.66. The zero-order valence-electron chi connectivity index (χ0n) is 12.9. The van der Waals surface area contributed by atoms with E-state index in [1.807, 2.05) is 48.5 Å². The van der Waals surface area contributed by atoms with E-state index in [1.54, 1.807) is 18.3 Å². The molecule has 1 N–H and O–H groups in total. The Hall–Kier alpha value is -2.79. The molecule has 0 saturated carbocycles. The molecule has 0 bridgehead atoms. The zero-order chi connectivity index (χ0) is 16.8. The molecular formula is C18H16ClN3O2. The maximum absolute atomic E-state index is 12.3. The summed E-state index contributed by atoms with van der Waals surface area (Å²) in [6.07, 6.45) is 1.54. The van der Waals surface area contributed by atoms with Crippen molar-refractivity contribution in [3.8, 4) is 11.4 Å². The van der Waals surface area contributed by atoms with Crippen LogP contribution in [0, 0.1) is 0 Å². The topological polar surface area (TPSA) is 56.1 Å². The van der Waals surface area contributed by atoms with E-state index < -0.39 is 0 Å². The lowest BCUT2D eigenvalue weighted by molar-refractivity contribution is 0.333. The first-order valence-corrected chi connectivity index (χ1v) is 7.88. The predicted octanol–water partition coefficient (Wildman–Crippen LogP) is 3.38. The number of halogens is 1. The summed E-state index contributed by atoms with van der Waals surface area (Å²) >= 11 is 6.17. The number of nitrogens with zero attached hydrogens (tertiary/aromatic N) is 2. The number of aromatic nitrogens is 2. The minimum atomic E-state index is -0.364. The fourth-order valence-corrected chi connectivity index (χ4v) is 2.38. The van der Waals surface area contributed by atoms with Gasteiger partial charge in [-0.25, -0.2) is 0 Å². The molecule has 0 fully saturated rings. The molecule has 0 radical (unpaired) electrons. The van der Waals surface area contributed by atoms with Crippen LogP contribution in [-0.4, -0.2) is 22.9 Å². The minimum Gasteiger partial charge on any atom is -0.492 e. The fourth-order valence-electron chi connectivity index (χ4n) is 2.18.